The third-order valence-corrected chi connectivity index (χ3v) is 5.76. The van der Waals surface area contributed by atoms with Gasteiger partial charge < -0.3 is 18.9 Å². The number of hydrogen-bond donors (Lipinski definition) is 0. The fraction of sp³-hybridized carbons (Fsp3) is 0.462. The number of benzene rings is 2. The molecule has 1 aliphatic rings. The van der Waals surface area contributed by atoms with E-state index < -0.39 is 12.2 Å². The number of anilines is 1. The van der Waals surface area contributed by atoms with E-state index in [-0.39, 0.29) is 24.8 Å². The number of carbonyl (C=O) groups excluding carboxylic acids is 2. The van der Waals surface area contributed by atoms with Crippen LogP contribution in [0.1, 0.15) is 51.3 Å². The minimum atomic E-state index is -0.444. The van der Waals surface area contributed by atoms with Gasteiger partial charge in [0, 0.05) is 24.2 Å². The van der Waals surface area contributed by atoms with Crippen molar-refractivity contribution in [3.05, 3.63) is 53.6 Å². The van der Waals surface area contributed by atoms with Gasteiger partial charge in [-0.3, -0.25) is 9.80 Å². The Hall–Kier alpha value is -3.42. The Morgan fingerprint density at radius 3 is 2.32 bits per heavy atom. The van der Waals surface area contributed by atoms with E-state index in [2.05, 4.69) is 0 Å². The minimum absolute atomic E-state index is 0.241. The first-order valence-corrected chi connectivity index (χ1v) is 11.5. The highest BCUT2D eigenvalue weighted by Gasteiger charge is 2.40. The molecule has 8 nitrogen and oxygen atoms in total. The van der Waals surface area contributed by atoms with Crippen LogP contribution in [0.25, 0.3) is 0 Å². The van der Waals surface area contributed by atoms with Gasteiger partial charge in [0.1, 0.15) is 0 Å². The first-order valence-electron chi connectivity index (χ1n) is 11.5. The summed E-state index contributed by atoms with van der Waals surface area (Å²) in [4.78, 5) is 29.5. The van der Waals surface area contributed by atoms with E-state index in [4.69, 9.17) is 18.9 Å². The highest BCUT2D eigenvalue weighted by Crippen LogP contribution is 2.46. The molecule has 2 amide bonds. The molecular weight excluding hydrogens is 436 g/mol. The summed E-state index contributed by atoms with van der Waals surface area (Å²) in [6.45, 7) is 7.98. The summed E-state index contributed by atoms with van der Waals surface area (Å²) in [6, 6.07) is 12.8. The molecule has 184 valence electrons. The molecular formula is C26H34N2O6. The predicted octanol–water partition coefficient (Wildman–Crippen LogP) is 5.55. The zero-order valence-corrected chi connectivity index (χ0v) is 20.7. The van der Waals surface area contributed by atoms with Crippen LogP contribution in [0.2, 0.25) is 0 Å². The molecule has 0 fully saturated rings. The molecule has 0 unspecified atom stereocenters. The topological polar surface area (TPSA) is 77.5 Å². The Labute approximate surface area is 201 Å². The Balaban J connectivity index is 2.14. The first kappa shape index (κ1) is 25.2. The molecule has 0 aromatic heterocycles. The van der Waals surface area contributed by atoms with Crippen LogP contribution < -0.4 is 14.4 Å². The fourth-order valence-corrected chi connectivity index (χ4v) is 4.27. The van der Waals surface area contributed by atoms with E-state index in [1.165, 1.54) is 0 Å². The molecule has 34 heavy (non-hydrogen) atoms. The number of amides is 2. The second kappa shape index (κ2) is 11.1. The van der Waals surface area contributed by atoms with E-state index >= 15 is 0 Å². The van der Waals surface area contributed by atoms with Crippen molar-refractivity contribution in [2.24, 2.45) is 0 Å². The van der Waals surface area contributed by atoms with Crippen LogP contribution in [0, 0.1) is 0 Å². The molecule has 0 saturated heterocycles. The van der Waals surface area contributed by atoms with Crippen LogP contribution in [-0.2, 0) is 16.0 Å². The molecule has 0 aliphatic carbocycles. The van der Waals surface area contributed by atoms with Gasteiger partial charge in [-0.2, -0.15) is 0 Å². The number of nitrogens with zero attached hydrogens (tertiary/aromatic N) is 2. The minimum Gasteiger partial charge on any atom is -0.493 e. The molecule has 1 aliphatic heterocycles. The third kappa shape index (κ3) is 5.38. The van der Waals surface area contributed by atoms with Crippen molar-refractivity contribution in [3.8, 4) is 11.5 Å². The number of carbonyl (C=O) groups is 2. The lowest BCUT2D eigenvalue weighted by Crippen LogP contribution is -2.48. The quantitative estimate of drug-likeness (QED) is 0.528. The lowest BCUT2D eigenvalue weighted by molar-refractivity contribution is 0.0801. The molecule has 3 rings (SSSR count). The Morgan fingerprint density at radius 1 is 1.09 bits per heavy atom. The SMILES string of the molecule is CCOC(=O)N(Cc1ccccc1)[C@@H]1C[C@H](C)N(C(=O)OC(C)C)c2cc(OC)c(OC)cc21. The lowest BCUT2D eigenvalue weighted by Gasteiger charge is -2.43. The first-order chi connectivity index (χ1) is 16.3. The van der Waals surface area contributed by atoms with Crippen LogP contribution in [0.4, 0.5) is 15.3 Å². The van der Waals surface area contributed by atoms with Gasteiger partial charge in [0.25, 0.3) is 0 Å². The molecule has 1 heterocycles. The van der Waals surface area contributed by atoms with Gasteiger partial charge in [-0.15, -0.1) is 0 Å². The molecule has 2 aromatic rings. The average Bonchev–Trinajstić information content (AvgIpc) is 2.81. The summed E-state index contributed by atoms with van der Waals surface area (Å²) in [5.74, 6) is 1.00. The molecule has 8 heteroatoms. The molecule has 0 spiro atoms. The predicted molar refractivity (Wildman–Crippen MR) is 129 cm³/mol. The van der Waals surface area contributed by atoms with Gasteiger partial charge in [0.15, 0.2) is 11.5 Å². The molecule has 2 atom stereocenters. The van der Waals surface area contributed by atoms with Crippen molar-refractivity contribution in [1.82, 2.24) is 4.90 Å². The second-order valence-corrected chi connectivity index (χ2v) is 8.48. The molecule has 0 bridgehead atoms. The van der Waals surface area contributed by atoms with Crippen LogP contribution in [0.5, 0.6) is 11.5 Å². The van der Waals surface area contributed by atoms with Crippen LogP contribution in [0.15, 0.2) is 42.5 Å². The third-order valence-electron chi connectivity index (χ3n) is 5.76. The van der Waals surface area contributed by atoms with Crippen LogP contribution >= 0.6 is 0 Å². The van der Waals surface area contributed by atoms with Gasteiger partial charge in [-0.25, -0.2) is 9.59 Å². The summed E-state index contributed by atoms with van der Waals surface area (Å²) in [5, 5.41) is 0. The van der Waals surface area contributed by atoms with Crippen molar-refractivity contribution >= 4 is 17.9 Å². The second-order valence-electron chi connectivity index (χ2n) is 8.48. The van der Waals surface area contributed by atoms with Crippen molar-refractivity contribution in [2.75, 3.05) is 25.7 Å². The van der Waals surface area contributed by atoms with Gasteiger partial charge >= 0.3 is 12.2 Å². The summed E-state index contributed by atoms with van der Waals surface area (Å²) < 4.78 is 22.0. The van der Waals surface area contributed by atoms with Gasteiger partial charge in [-0.05, 0) is 45.7 Å². The number of methoxy groups -OCH3 is 2. The van der Waals surface area contributed by atoms with E-state index in [9.17, 15) is 9.59 Å². The maximum absolute atomic E-state index is 13.1. The van der Waals surface area contributed by atoms with Gasteiger partial charge in [-0.1, -0.05) is 30.3 Å². The fourth-order valence-electron chi connectivity index (χ4n) is 4.27. The van der Waals surface area contributed by atoms with E-state index in [0.29, 0.717) is 30.2 Å². The Kier molecular flexibility index (Phi) is 8.26. The van der Waals surface area contributed by atoms with E-state index in [1.54, 1.807) is 37.0 Å². The van der Waals surface area contributed by atoms with Gasteiger partial charge in [0.05, 0.1) is 38.7 Å². The van der Waals surface area contributed by atoms with Crippen LogP contribution in [-0.4, -0.2) is 50.1 Å². The number of rotatable bonds is 7. The molecule has 2 aromatic carbocycles. The summed E-state index contributed by atoms with van der Waals surface area (Å²) in [7, 11) is 3.10. The number of hydrogen-bond acceptors (Lipinski definition) is 6. The standard InChI is InChI=1S/C26H34N2O6/c1-7-33-25(29)27(16-19-11-9-8-10-12-19)21-13-18(4)28(26(30)34-17(2)3)22-15-24(32-6)23(31-5)14-20(21)22/h8-12,14-15,17-18,21H,7,13,16H2,1-6H3/t18-,21+/m0/s1. The Bertz CT molecular complexity index is 994. The monoisotopic (exact) mass is 470 g/mol. The normalized spacial score (nSPS) is 17.1. The molecule has 0 saturated carbocycles. The highest BCUT2D eigenvalue weighted by molar-refractivity contribution is 5.91. The van der Waals surface area contributed by atoms with Crippen molar-refractivity contribution in [1.29, 1.82) is 0 Å². The lowest BCUT2D eigenvalue weighted by atomic mass is 9.90. The number of fused-ring (bicyclic) bond motifs is 1. The Morgan fingerprint density at radius 2 is 1.74 bits per heavy atom. The molecule has 0 N–H and O–H groups in total. The van der Waals surface area contributed by atoms with Crippen molar-refractivity contribution in [2.45, 2.75) is 58.8 Å². The van der Waals surface area contributed by atoms with E-state index in [0.717, 1.165) is 11.1 Å². The highest BCUT2D eigenvalue weighted by atomic mass is 16.6. The largest absolute Gasteiger partial charge is 0.493 e. The zero-order chi connectivity index (χ0) is 24.8. The molecule has 0 radical (unpaired) electrons. The summed E-state index contributed by atoms with van der Waals surface area (Å²) in [6.07, 6.45) is -0.626. The number of ether oxygens (including phenoxy) is 4. The summed E-state index contributed by atoms with van der Waals surface area (Å²) >= 11 is 0. The van der Waals surface area contributed by atoms with Gasteiger partial charge in [0.2, 0.25) is 0 Å². The van der Waals surface area contributed by atoms with Crippen LogP contribution in [0.3, 0.4) is 0 Å². The average molecular weight is 471 g/mol. The smallest absolute Gasteiger partial charge is 0.414 e. The van der Waals surface area contributed by atoms with E-state index in [1.807, 2.05) is 57.2 Å². The maximum atomic E-state index is 13.1. The zero-order valence-electron chi connectivity index (χ0n) is 20.7. The maximum Gasteiger partial charge on any atom is 0.414 e. The van der Waals surface area contributed by atoms with Crippen molar-refractivity contribution in [3.63, 3.8) is 0 Å². The van der Waals surface area contributed by atoms with Crippen molar-refractivity contribution < 1.29 is 28.5 Å². The summed E-state index contributed by atoms with van der Waals surface area (Å²) in [5.41, 5.74) is 2.36.